The molecule has 1 saturated heterocycles. The highest BCUT2D eigenvalue weighted by atomic mass is 32.2. The van der Waals surface area contributed by atoms with Crippen LogP contribution in [0.1, 0.15) is 76.4 Å². The fourth-order valence-corrected chi connectivity index (χ4v) is 9.61. The molecule has 1 aromatic heterocycles. The van der Waals surface area contributed by atoms with E-state index in [1.165, 1.54) is 43.9 Å². The Bertz CT molecular complexity index is 1310. The van der Waals surface area contributed by atoms with Crippen molar-refractivity contribution in [3.05, 3.63) is 45.4 Å². The molecule has 5 fully saturated rings. The number of rotatable bonds is 7. The van der Waals surface area contributed by atoms with Crippen LogP contribution in [0.2, 0.25) is 0 Å². The van der Waals surface area contributed by atoms with Crippen molar-refractivity contribution in [2.75, 3.05) is 0 Å². The van der Waals surface area contributed by atoms with Crippen LogP contribution in [0.3, 0.4) is 0 Å². The summed E-state index contributed by atoms with van der Waals surface area (Å²) >= 11 is 3.11. The van der Waals surface area contributed by atoms with Crippen molar-refractivity contribution in [1.82, 2.24) is 20.5 Å². The van der Waals surface area contributed by atoms with Gasteiger partial charge in [0.15, 0.2) is 0 Å². The normalized spacial score (nSPS) is 31.7. The number of carbonyl (C=O) groups is 4. The Morgan fingerprint density at radius 2 is 1.79 bits per heavy atom. The number of carbonyl (C=O) groups excluding carboxylic acids is 4. The van der Waals surface area contributed by atoms with E-state index < -0.39 is 23.8 Å². The van der Waals surface area contributed by atoms with Crippen LogP contribution in [0.5, 0.6) is 0 Å². The molecule has 8 nitrogen and oxygen atoms in total. The second-order valence-electron chi connectivity index (χ2n) is 11.5. The lowest BCUT2D eigenvalue weighted by Crippen LogP contribution is -2.54. The van der Waals surface area contributed by atoms with Crippen molar-refractivity contribution in [3.63, 3.8) is 0 Å². The molecule has 3 heterocycles. The van der Waals surface area contributed by atoms with Gasteiger partial charge in [-0.1, -0.05) is 6.07 Å². The molecule has 2 aliphatic heterocycles. The van der Waals surface area contributed by atoms with E-state index in [0.29, 0.717) is 27.8 Å². The maximum absolute atomic E-state index is 13.3. The van der Waals surface area contributed by atoms with Gasteiger partial charge in [0.05, 0.1) is 22.6 Å². The molecule has 0 spiro atoms. The van der Waals surface area contributed by atoms with Gasteiger partial charge in [0.25, 0.3) is 11.8 Å². The number of hydrogen-bond donors (Lipinski definition) is 2. The van der Waals surface area contributed by atoms with Gasteiger partial charge < -0.3 is 5.32 Å². The molecule has 1 unspecified atom stereocenters. The number of nitrogens with one attached hydrogen (secondary N) is 2. The third-order valence-corrected chi connectivity index (χ3v) is 11.3. The maximum atomic E-state index is 13.3. The van der Waals surface area contributed by atoms with Crippen LogP contribution in [0.25, 0.3) is 0 Å². The summed E-state index contributed by atoms with van der Waals surface area (Å²) in [6.07, 6.45) is 7.31. The molecule has 6 aliphatic rings. The second kappa shape index (κ2) is 9.57. The molecule has 2 aromatic rings. The maximum Gasteiger partial charge on any atom is 0.263 e. The molecular formula is C28H30N4O4S2. The average Bonchev–Trinajstić information content (AvgIpc) is 3.45. The van der Waals surface area contributed by atoms with Gasteiger partial charge in [-0.15, -0.1) is 23.1 Å². The Hall–Kier alpha value is -2.56. The van der Waals surface area contributed by atoms with Crippen LogP contribution in [-0.2, 0) is 21.9 Å². The van der Waals surface area contributed by atoms with E-state index in [-0.39, 0.29) is 18.7 Å². The van der Waals surface area contributed by atoms with Gasteiger partial charge in [0.2, 0.25) is 11.8 Å². The third-order valence-electron chi connectivity index (χ3n) is 9.13. The van der Waals surface area contributed by atoms with E-state index in [1.54, 1.807) is 23.5 Å². The summed E-state index contributed by atoms with van der Waals surface area (Å²) in [6.45, 7) is 0.794. The van der Waals surface area contributed by atoms with Crippen molar-refractivity contribution >= 4 is 46.7 Å². The van der Waals surface area contributed by atoms with Crippen LogP contribution in [0.15, 0.2) is 28.5 Å². The first kappa shape index (κ1) is 24.5. The fraction of sp³-hybridized carbons (Fsp3) is 0.536. The zero-order chi connectivity index (χ0) is 26.0. The van der Waals surface area contributed by atoms with Crippen molar-refractivity contribution in [3.8, 4) is 0 Å². The highest BCUT2D eigenvalue weighted by Crippen LogP contribution is 2.53. The van der Waals surface area contributed by atoms with Crippen LogP contribution < -0.4 is 10.6 Å². The zero-order valence-electron chi connectivity index (χ0n) is 21.0. The van der Waals surface area contributed by atoms with E-state index in [4.69, 9.17) is 4.98 Å². The highest BCUT2D eigenvalue weighted by molar-refractivity contribution is 7.98. The van der Waals surface area contributed by atoms with E-state index in [2.05, 4.69) is 16.0 Å². The molecular weight excluding hydrogens is 520 g/mol. The van der Waals surface area contributed by atoms with Crippen molar-refractivity contribution in [1.29, 1.82) is 0 Å². The van der Waals surface area contributed by atoms with Gasteiger partial charge in [-0.2, -0.15) is 0 Å². The smallest absolute Gasteiger partial charge is 0.263 e. The summed E-state index contributed by atoms with van der Waals surface area (Å²) in [4.78, 5) is 56.9. The Balaban J connectivity index is 0.999. The minimum Gasteiger partial charge on any atom is -0.308 e. The molecule has 10 heteroatoms. The standard InChI is InChI=1S/C28H30N4O4S2/c33-22-5-4-20(26(34)31-22)32-27(35)19-2-1-3-21(24(19)28(32)36)37-13-23-30-18(12-38-23)11-29-25-16-7-14-6-15(9-16)10-17(25)8-14/h1-3,12,14-17,20,25,29H,4-11,13H2,(H,31,33,34). The number of piperidine rings is 1. The summed E-state index contributed by atoms with van der Waals surface area (Å²) in [5.74, 6) is 2.28. The summed E-state index contributed by atoms with van der Waals surface area (Å²) < 4.78 is 0. The van der Waals surface area contributed by atoms with E-state index in [0.717, 1.165) is 45.8 Å². The Kier molecular flexibility index (Phi) is 6.16. The number of imide groups is 2. The fourth-order valence-electron chi connectivity index (χ4n) is 7.72. The Morgan fingerprint density at radius 3 is 2.53 bits per heavy atom. The van der Waals surface area contributed by atoms with Crippen molar-refractivity contribution < 1.29 is 19.2 Å². The number of benzene rings is 1. The van der Waals surface area contributed by atoms with E-state index in [1.807, 2.05) is 6.07 Å². The van der Waals surface area contributed by atoms with Crippen LogP contribution in [-0.4, -0.2) is 45.6 Å². The largest absolute Gasteiger partial charge is 0.308 e. The van der Waals surface area contributed by atoms with Gasteiger partial charge in [0, 0.05) is 29.3 Å². The lowest BCUT2D eigenvalue weighted by Gasteiger charge is -2.54. The number of thioether (sulfide) groups is 1. The molecule has 4 saturated carbocycles. The first-order chi connectivity index (χ1) is 18.4. The molecule has 4 amide bonds. The SMILES string of the molecule is O=C1CCC(N2C(=O)c3cccc(SCc4nc(CNC5C6CC7CC(C6)CC5C7)cs4)c3C2=O)C(=O)N1. The summed E-state index contributed by atoms with van der Waals surface area (Å²) in [6, 6.07) is 4.91. The van der Waals surface area contributed by atoms with Gasteiger partial charge in [-0.3, -0.25) is 29.4 Å². The number of amides is 4. The van der Waals surface area contributed by atoms with Gasteiger partial charge in [-0.25, -0.2) is 4.98 Å². The first-order valence-corrected chi connectivity index (χ1v) is 15.4. The zero-order valence-corrected chi connectivity index (χ0v) is 22.6. The lowest BCUT2D eigenvalue weighted by atomic mass is 9.54. The van der Waals surface area contributed by atoms with Gasteiger partial charge in [0.1, 0.15) is 11.0 Å². The average molecular weight is 551 g/mol. The summed E-state index contributed by atoms with van der Waals surface area (Å²) in [5.41, 5.74) is 1.71. The van der Waals surface area contributed by atoms with Crippen molar-refractivity contribution in [2.45, 2.75) is 74.2 Å². The minimum atomic E-state index is -0.957. The molecule has 198 valence electrons. The molecule has 4 bridgehead atoms. The Labute approximate surface area is 229 Å². The molecule has 1 atom stereocenters. The van der Waals surface area contributed by atoms with E-state index in [9.17, 15) is 19.2 Å². The van der Waals surface area contributed by atoms with E-state index >= 15 is 0 Å². The highest BCUT2D eigenvalue weighted by Gasteiger charge is 2.48. The van der Waals surface area contributed by atoms with Crippen LogP contribution >= 0.6 is 23.1 Å². The number of nitrogens with zero attached hydrogens (tertiary/aromatic N) is 2. The van der Waals surface area contributed by atoms with Crippen molar-refractivity contribution in [2.24, 2.45) is 23.7 Å². The predicted molar refractivity (Wildman–Crippen MR) is 142 cm³/mol. The quantitative estimate of drug-likeness (QED) is 0.399. The molecule has 0 radical (unpaired) electrons. The lowest BCUT2D eigenvalue weighted by molar-refractivity contribution is -0.136. The molecule has 1 aromatic carbocycles. The monoisotopic (exact) mass is 550 g/mol. The molecule has 4 aliphatic carbocycles. The molecule has 8 rings (SSSR count). The molecule has 38 heavy (non-hydrogen) atoms. The van der Waals surface area contributed by atoms with Gasteiger partial charge in [-0.05, 0) is 74.3 Å². The third kappa shape index (κ3) is 4.21. The number of aromatic nitrogens is 1. The predicted octanol–water partition coefficient (Wildman–Crippen LogP) is 3.75. The summed E-state index contributed by atoms with van der Waals surface area (Å²) in [5, 5.41) is 9.19. The number of thiazole rings is 1. The molecule has 2 N–H and O–H groups in total. The van der Waals surface area contributed by atoms with Crippen LogP contribution in [0, 0.1) is 23.7 Å². The topological polar surface area (TPSA) is 108 Å². The first-order valence-electron chi connectivity index (χ1n) is 13.6. The van der Waals surface area contributed by atoms with Crippen LogP contribution in [0.4, 0.5) is 0 Å². The van der Waals surface area contributed by atoms with Gasteiger partial charge >= 0.3 is 0 Å². The number of hydrogen-bond acceptors (Lipinski definition) is 8. The minimum absolute atomic E-state index is 0.107. The second-order valence-corrected chi connectivity index (χ2v) is 13.4. The number of fused-ring (bicyclic) bond motifs is 1. The summed E-state index contributed by atoms with van der Waals surface area (Å²) in [7, 11) is 0. The Morgan fingerprint density at radius 1 is 1.03 bits per heavy atom.